The standard InChI is InChI=1S/C40H31Cl2F3N4O5/c1-20-6-5-9-27(33(20)50)32-25-14-15-26-31(37(53)48(35(26)51)19-21-7-3-2-4-8-21)28(25)17-29-36(52)49(38(54)39(29,32)22-10-12-24(41)13-11-22)47-34-30(42)16-23(18-46-34)40(43,44)45/h2-14,16,18,26,28-29,31-32,50H,15,17,19H2,1H3,(H,46,47)/t26-,28+,29-,31-,32+,39+/m0/s1. The molecule has 2 saturated heterocycles. The van der Waals surface area contributed by atoms with E-state index in [2.05, 4.69) is 10.4 Å². The fourth-order valence-electron chi connectivity index (χ4n) is 9.03. The number of hydrogen-bond donors (Lipinski definition) is 2. The number of hydrogen-bond acceptors (Lipinski definition) is 7. The third-order valence-corrected chi connectivity index (χ3v) is 12.0. The number of carbonyl (C=O) groups excluding carboxylic acids is 4. The number of anilines is 1. The molecule has 4 amide bonds. The number of carbonyl (C=O) groups is 4. The number of allylic oxidation sites excluding steroid dienone is 2. The van der Waals surface area contributed by atoms with E-state index in [1.165, 1.54) is 4.90 Å². The van der Waals surface area contributed by atoms with Crippen LogP contribution < -0.4 is 5.43 Å². The summed E-state index contributed by atoms with van der Waals surface area (Å²) in [5, 5.41) is 12.3. The summed E-state index contributed by atoms with van der Waals surface area (Å²) >= 11 is 12.6. The number of likely N-dealkylation sites (tertiary alicyclic amines) is 1. The Bertz CT molecular complexity index is 2270. The van der Waals surface area contributed by atoms with Gasteiger partial charge in [-0.1, -0.05) is 95.5 Å². The summed E-state index contributed by atoms with van der Waals surface area (Å²) in [7, 11) is 0. The fourth-order valence-corrected chi connectivity index (χ4v) is 9.36. The summed E-state index contributed by atoms with van der Waals surface area (Å²) in [4.78, 5) is 63.4. The largest absolute Gasteiger partial charge is 0.507 e. The number of fused-ring (bicyclic) bond motifs is 4. The van der Waals surface area contributed by atoms with Crippen molar-refractivity contribution in [3.8, 4) is 5.75 Å². The minimum atomic E-state index is -4.75. The minimum Gasteiger partial charge on any atom is -0.507 e. The van der Waals surface area contributed by atoms with Gasteiger partial charge in [0.05, 0.1) is 40.3 Å². The zero-order chi connectivity index (χ0) is 38.3. The van der Waals surface area contributed by atoms with Crippen LogP contribution in [0.25, 0.3) is 0 Å². The summed E-state index contributed by atoms with van der Waals surface area (Å²) in [6.45, 7) is 1.77. The second-order valence-electron chi connectivity index (χ2n) is 14.2. The molecule has 276 valence electrons. The van der Waals surface area contributed by atoms with E-state index >= 15 is 4.79 Å². The Morgan fingerprint density at radius 3 is 2.33 bits per heavy atom. The first-order valence-corrected chi connectivity index (χ1v) is 18.0. The number of phenolic OH excluding ortho intramolecular Hbond substituents is 1. The predicted octanol–water partition coefficient (Wildman–Crippen LogP) is 7.61. The first kappa shape index (κ1) is 35.8. The van der Waals surface area contributed by atoms with Crippen LogP contribution in [0.4, 0.5) is 19.0 Å². The van der Waals surface area contributed by atoms with Gasteiger partial charge in [-0.15, -0.1) is 0 Å². The molecule has 14 heteroatoms. The van der Waals surface area contributed by atoms with Gasteiger partial charge in [-0.25, -0.2) is 4.98 Å². The van der Waals surface area contributed by atoms with Gasteiger partial charge in [0.1, 0.15) is 5.75 Å². The molecule has 0 spiro atoms. The Balaban J connectivity index is 1.30. The summed E-state index contributed by atoms with van der Waals surface area (Å²) < 4.78 is 40.4. The molecule has 0 unspecified atom stereocenters. The lowest BCUT2D eigenvalue weighted by Crippen LogP contribution is -2.53. The summed E-state index contributed by atoms with van der Waals surface area (Å²) in [6.07, 6.45) is -2.19. The zero-order valence-corrected chi connectivity index (χ0v) is 30.0. The Hall–Kier alpha value is -5.20. The predicted molar refractivity (Wildman–Crippen MR) is 192 cm³/mol. The number of imide groups is 2. The molecule has 6 atom stereocenters. The summed E-state index contributed by atoms with van der Waals surface area (Å²) in [5.41, 5.74) is 2.34. The number of pyridine rings is 1. The molecule has 54 heavy (non-hydrogen) atoms. The molecule has 0 radical (unpaired) electrons. The lowest BCUT2D eigenvalue weighted by Gasteiger charge is -2.50. The van der Waals surface area contributed by atoms with Gasteiger partial charge in [0.15, 0.2) is 5.82 Å². The van der Waals surface area contributed by atoms with Crippen LogP contribution in [0.1, 0.15) is 46.6 Å². The topological polar surface area (TPSA) is 120 Å². The first-order valence-electron chi connectivity index (χ1n) is 17.2. The van der Waals surface area contributed by atoms with Crippen LogP contribution in [0.15, 0.2) is 96.7 Å². The number of benzene rings is 3. The highest BCUT2D eigenvalue weighted by molar-refractivity contribution is 6.33. The van der Waals surface area contributed by atoms with Crippen LogP contribution in [-0.4, -0.2) is 43.6 Å². The number of aryl methyl sites for hydroxylation is 1. The van der Waals surface area contributed by atoms with Crippen LogP contribution in [0.2, 0.25) is 10.0 Å². The van der Waals surface area contributed by atoms with Crippen molar-refractivity contribution in [1.82, 2.24) is 14.9 Å². The molecule has 1 aromatic heterocycles. The first-order chi connectivity index (χ1) is 25.7. The van der Waals surface area contributed by atoms with Gasteiger partial charge in [0, 0.05) is 22.7 Å². The number of para-hydroxylation sites is 1. The van der Waals surface area contributed by atoms with E-state index in [1.807, 2.05) is 36.4 Å². The number of phenols is 1. The van der Waals surface area contributed by atoms with Crippen LogP contribution in [0, 0.1) is 30.6 Å². The zero-order valence-electron chi connectivity index (χ0n) is 28.5. The normalized spacial score (nSPS) is 26.4. The Labute approximate surface area is 317 Å². The van der Waals surface area contributed by atoms with Gasteiger partial charge in [-0.05, 0) is 60.6 Å². The average molecular weight is 776 g/mol. The summed E-state index contributed by atoms with van der Waals surface area (Å²) in [5.74, 6) is -7.19. The summed E-state index contributed by atoms with van der Waals surface area (Å²) in [6, 6.07) is 21.3. The maximum absolute atomic E-state index is 15.3. The molecule has 9 nitrogen and oxygen atoms in total. The van der Waals surface area contributed by atoms with Crippen molar-refractivity contribution in [2.24, 2.45) is 23.7 Å². The van der Waals surface area contributed by atoms with E-state index in [0.717, 1.165) is 10.6 Å². The molecule has 3 fully saturated rings. The van der Waals surface area contributed by atoms with Gasteiger partial charge in [-0.3, -0.25) is 29.5 Å². The molecule has 2 N–H and O–H groups in total. The van der Waals surface area contributed by atoms with Crippen molar-refractivity contribution in [2.45, 2.75) is 43.8 Å². The lowest BCUT2D eigenvalue weighted by atomic mass is 9.49. The number of halogens is 5. The monoisotopic (exact) mass is 774 g/mol. The maximum atomic E-state index is 15.3. The smallest absolute Gasteiger partial charge is 0.417 e. The number of hydrazine groups is 1. The molecule has 4 aromatic rings. The molecule has 0 bridgehead atoms. The fraction of sp³-hybridized carbons (Fsp3) is 0.275. The van der Waals surface area contributed by atoms with Gasteiger partial charge in [0.2, 0.25) is 11.8 Å². The molecule has 3 aromatic carbocycles. The van der Waals surface area contributed by atoms with Gasteiger partial charge >= 0.3 is 6.18 Å². The SMILES string of the molecule is Cc1cccc([C@H]2C3=CC[C@@H]4C(=O)N(Cc5ccccc5)C(=O)[C@@H]4[C@@H]3C[C@H]3C(=O)N(Nc4ncc(C(F)(F)F)cc4Cl)C(=O)[C@@]23c2ccc(Cl)cc2)c1O. The Morgan fingerprint density at radius 2 is 1.65 bits per heavy atom. The van der Waals surface area contributed by atoms with Crippen LogP contribution in [-0.2, 0) is 37.3 Å². The number of aromatic nitrogens is 1. The number of nitrogens with one attached hydrogen (secondary N) is 1. The molecule has 8 rings (SSSR count). The lowest BCUT2D eigenvalue weighted by molar-refractivity contribution is -0.142. The van der Waals surface area contributed by atoms with E-state index in [9.17, 15) is 32.7 Å². The number of amides is 4. The van der Waals surface area contributed by atoms with Gasteiger partial charge in [-0.2, -0.15) is 18.2 Å². The average Bonchev–Trinajstić information content (AvgIpc) is 3.51. The van der Waals surface area contributed by atoms with E-state index < -0.39 is 63.6 Å². The number of nitrogens with zero attached hydrogens (tertiary/aromatic N) is 3. The molecule has 4 aliphatic rings. The molecule has 2 aliphatic heterocycles. The van der Waals surface area contributed by atoms with Crippen LogP contribution in [0.5, 0.6) is 5.75 Å². The Morgan fingerprint density at radius 1 is 0.926 bits per heavy atom. The highest BCUT2D eigenvalue weighted by atomic mass is 35.5. The maximum Gasteiger partial charge on any atom is 0.417 e. The van der Waals surface area contributed by atoms with E-state index in [-0.39, 0.29) is 42.8 Å². The van der Waals surface area contributed by atoms with E-state index in [0.29, 0.717) is 39.5 Å². The van der Waals surface area contributed by atoms with Crippen molar-refractivity contribution in [3.63, 3.8) is 0 Å². The molecular weight excluding hydrogens is 744 g/mol. The Kier molecular flexibility index (Phi) is 8.61. The third kappa shape index (κ3) is 5.40. The second-order valence-corrected chi connectivity index (χ2v) is 15.0. The number of alkyl halides is 3. The molecular formula is C40H31Cl2F3N4O5. The van der Waals surface area contributed by atoms with Crippen molar-refractivity contribution in [3.05, 3.63) is 135 Å². The van der Waals surface area contributed by atoms with Crippen molar-refractivity contribution in [2.75, 3.05) is 5.43 Å². The molecule has 3 heterocycles. The van der Waals surface area contributed by atoms with E-state index in [4.69, 9.17) is 23.2 Å². The quantitative estimate of drug-likeness (QED) is 0.153. The van der Waals surface area contributed by atoms with Crippen molar-refractivity contribution < 1.29 is 37.5 Å². The van der Waals surface area contributed by atoms with Crippen molar-refractivity contribution in [1.29, 1.82) is 0 Å². The second kappa shape index (κ2) is 13.0. The van der Waals surface area contributed by atoms with Gasteiger partial charge in [0.25, 0.3) is 11.8 Å². The van der Waals surface area contributed by atoms with E-state index in [1.54, 1.807) is 49.4 Å². The number of rotatable bonds is 6. The minimum absolute atomic E-state index is 0.0339. The van der Waals surface area contributed by atoms with Crippen molar-refractivity contribution >= 4 is 52.6 Å². The van der Waals surface area contributed by atoms with Gasteiger partial charge < -0.3 is 5.11 Å². The molecule has 1 saturated carbocycles. The highest BCUT2D eigenvalue weighted by Gasteiger charge is 2.70. The third-order valence-electron chi connectivity index (χ3n) is 11.4. The van der Waals surface area contributed by atoms with Crippen LogP contribution >= 0.6 is 23.2 Å². The number of aromatic hydroxyl groups is 1. The molecule has 2 aliphatic carbocycles. The van der Waals surface area contributed by atoms with Crippen LogP contribution in [0.3, 0.4) is 0 Å². The highest BCUT2D eigenvalue weighted by Crippen LogP contribution is 2.65.